The highest BCUT2D eigenvalue weighted by Crippen LogP contribution is 2.15. The maximum Gasteiger partial charge on any atom is 0.148 e. The molecule has 0 radical (unpaired) electrons. The van der Waals surface area contributed by atoms with E-state index in [1.807, 2.05) is 30.5 Å². The summed E-state index contributed by atoms with van der Waals surface area (Å²) in [4.78, 5) is 11.2. The van der Waals surface area contributed by atoms with E-state index in [1.54, 1.807) is 0 Å². The van der Waals surface area contributed by atoms with Crippen molar-refractivity contribution in [3.8, 4) is 0 Å². The van der Waals surface area contributed by atoms with Crippen LogP contribution in [0.15, 0.2) is 30.5 Å². The minimum atomic E-state index is 0.868. The number of fused-ring (bicyclic) bond motifs is 1. The first kappa shape index (κ1) is 8.61. The lowest BCUT2D eigenvalue weighted by Crippen LogP contribution is -2.22. The second-order valence-corrected chi connectivity index (χ2v) is 3.64. The van der Waals surface area contributed by atoms with Crippen molar-refractivity contribution in [3.05, 3.63) is 30.5 Å². The lowest BCUT2D eigenvalue weighted by molar-refractivity contribution is 0.849. The molecule has 1 fully saturated rings. The number of hydrogen-bond acceptors (Lipinski definition) is 4. The first-order chi connectivity index (χ1) is 7.43. The third-order valence-electron chi connectivity index (χ3n) is 2.62. The maximum absolute atomic E-state index is 4.58. The van der Waals surface area contributed by atoms with Gasteiger partial charge in [-0.15, -0.1) is 0 Å². The minimum absolute atomic E-state index is 0.868. The van der Waals surface area contributed by atoms with Gasteiger partial charge in [0.05, 0.1) is 23.9 Å². The van der Waals surface area contributed by atoms with E-state index < -0.39 is 0 Å². The number of benzene rings is 1. The smallest absolute Gasteiger partial charge is 0.148 e. The van der Waals surface area contributed by atoms with E-state index in [2.05, 4.69) is 20.2 Å². The summed E-state index contributed by atoms with van der Waals surface area (Å²) in [6, 6.07) is 7.95. The summed E-state index contributed by atoms with van der Waals surface area (Å²) < 4.78 is 0. The summed E-state index contributed by atoms with van der Waals surface area (Å²) in [6.07, 6.45) is 1.84. The van der Waals surface area contributed by atoms with Gasteiger partial charge in [-0.1, -0.05) is 12.1 Å². The first-order valence-electron chi connectivity index (χ1n) is 5.11. The van der Waals surface area contributed by atoms with Crippen LogP contribution in [0.3, 0.4) is 0 Å². The van der Waals surface area contributed by atoms with Crippen LogP contribution in [-0.2, 0) is 0 Å². The van der Waals surface area contributed by atoms with Crippen LogP contribution >= 0.6 is 0 Å². The van der Waals surface area contributed by atoms with Crippen LogP contribution in [0.5, 0.6) is 0 Å². The Balaban J connectivity index is 2.05. The standard InChI is InChI=1S/C11H12N4/c1-2-4-10-9(3-1)13-7-11(14-10)15-6-5-12-8-15/h1-4,7,12H,5-6,8H2. The third kappa shape index (κ3) is 1.53. The fourth-order valence-electron chi connectivity index (χ4n) is 1.80. The van der Waals surface area contributed by atoms with Gasteiger partial charge in [0, 0.05) is 13.1 Å². The molecule has 15 heavy (non-hydrogen) atoms. The molecule has 0 unspecified atom stereocenters. The molecule has 1 aromatic heterocycles. The number of anilines is 1. The highest BCUT2D eigenvalue weighted by Gasteiger charge is 2.13. The Morgan fingerprint density at radius 1 is 1.20 bits per heavy atom. The number of aromatic nitrogens is 2. The fourth-order valence-corrected chi connectivity index (χ4v) is 1.80. The summed E-state index contributed by atoms with van der Waals surface area (Å²) in [5.74, 6) is 0.957. The van der Waals surface area contributed by atoms with E-state index in [-0.39, 0.29) is 0 Å². The molecule has 76 valence electrons. The number of rotatable bonds is 1. The predicted octanol–water partition coefficient (Wildman–Crippen LogP) is 0.997. The Bertz CT molecular complexity index is 477. The topological polar surface area (TPSA) is 41.1 Å². The van der Waals surface area contributed by atoms with Gasteiger partial charge in [-0.2, -0.15) is 0 Å². The summed E-state index contributed by atoms with van der Waals surface area (Å²) in [5.41, 5.74) is 1.91. The van der Waals surface area contributed by atoms with Crippen molar-refractivity contribution in [2.75, 3.05) is 24.7 Å². The SMILES string of the molecule is c1ccc2nc(N3CCNC3)cnc2c1. The number of para-hydroxylation sites is 2. The van der Waals surface area contributed by atoms with Crippen LogP contribution in [0.4, 0.5) is 5.82 Å². The van der Waals surface area contributed by atoms with E-state index in [9.17, 15) is 0 Å². The van der Waals surface area contributed by atoms with Gasteiger partial charge in [-0.05, 0) is 12.1 Å². The number of hydrogen-bond donors (Lipinski definition) is 1. The van der Waals surface area contributed by atoms with Gasteiger partial charge in [0.2, 0.25) is 0 Å². The van der Waals surface area contributed by atoms with Crippen LogP contribution in [0.1, 0.15) is 0 Å². The molecule has 1 aliphatic heterocycles. The minimum Gasteiger partial charge on any atom is -0.341 e. The zero-order valence-corrected chi connectivity index (χ0v) is 8.35. The Labute approximate surface area is 88.0 Å². The van der Waals surface area contributed by atoms with Crippen LogP contribution in [0.2, 0.25) is 0 Å². The van der Waals surface area contributed by atoms with Crippen LogP contribution in [0, 0.1) is 0 Å². The first-order valence-corrected chi connectivity index (χ1v) is 5.11. The van der Waals surface area contributed by atoms with Crippen molar-refractivity contribution in [3.63, 3.8) is 0 Å². The molecule has 0 spiro atoms. The molecule has 2 heterocycles. The van der Waals surface area contributed by atoms with E-state index in [4.69, 9.17) is 0 Å². The van der Waals surface area contributed by atoms with E-state index in [1.165, 1.54) is 0 Å². The van der Waals surface area contributed by atoms with Gasteiger partial charge >= 0.3 is 0 Å². The molecule has 0 bridgehead atoms. The second kappa shape index (κ2) is 3.47. The lowest BCUT2D eigenvalue weighted by Gasteiger charge is -2.14. The van der Waals surface area contributed by atoms with Crippen molar-refractivity contribution in [1.82, 2.24) is 15.3 Å². The highest BCUT2D eigenvalue weighted by atomic mass is 15.3. The molecule has 0 aliphatic carbocycles. The molecular formula is C11H12N4. The zero-order valence-electron chi connectivity index (χ0n) is 8.35. The summed E-state index contributed by atoms with van der Waals surface area (Å²) >= 11 is 0. The predicted molar refractivity (Wildman–Crippen MR) is 59.8 cm³/mol. The molecule has 2 aromatic rings. The van der Waals surface area contributed by atoms with Gasteiger partial charge in [-0.3, -0.25) is 10.3 Å². The molecule has 0 amide bonds. The molecular weight excluding hydrogens is 188 g/mol. The average molecular weight is 200 g/mol. The van der Waals surface area contributed by atoms with Gasteiger partial charge < -0.3 is 4.90 Å². The van der Waals surface area contributed by atoms with Gasteiger partial charge in [0.25, 0.3) is 0 Å². The molecule has 1 N–H and O–H groups in total. The van der Waals surface area contributed by atoms with E-state index in [0.29, 0.717) is 0 Å². The van der Waals surface area contributed by atoms with Crippen molar-refractivity contribution in [1.29, 1.82) is 0 Å². The van der Waals surface area contributed by atoms with E-state index in [0.717, 1.165) is 36.6 Å². The zero-order chi connectivity index (χ0) is 10.1. The molecule has 0 saturated carbocycles. The quantitative estimate of drug-likeness (QED) is 0.745. The molecule has 1 aliphatic rings. The summed E-state index contributed by atoms with van der Waals surface area (Å²) in [7, 11) is 0. The second-order valence-electron chi connectivity index (χ2n) is 3.64. The molecule has 4 heteroatoms. The monoisotopic (exact) mass is 200 g/mol. The number of nitrogens with one attached hydrogen (secondary N) is 1. The van der Waals surface area contributed by atoms with Gasteiger partial charge in [0.15, 0.2) is 0 Å². The summed E-state index contributed by atoms with van der Waals surface area (Å²) in [5, 5.41) is 3.28. The van der Waals surface area contributed by atoms with Gasteiger partial charge in [0.1, 0.15) is 5.82 Å². The van der Waals surface area contributed by atoms with E-state index >= 15 is 0 Å². The number of nitrogens with zero attached hydrogens (tertiary/aromatic N) is 3. The van der Waals surface area contributed by atoms with Crippen molar-refractivity contribution < 1.29 is 0 Å². The Morgan fingerprint density at radius 2 is 2.07 bits per heavy atom. The van der Waals surface area contributed by atoms with Crippen molar-refractivity contribution >= 4 is 16.9 Å². The highest BCUT2D eigenvalue weighted by molar-refractivity contribution is 5.75. The normalized spacial score (nSPS) is 16.1. The average Bonchev–Trinajstić information content (AvgIpc) is 2.82. The Hall–Kier alpha value is -1.68. The Kier molecular flexibility index (Phi) is 1.99. The molecule has 1 saturated heterocycles. The largest absolute Gasteiger partial charge is 0.341 e. The van der Waals surface area contributed by atoms with Crippen molar-refractivity contribution in [2.45, 2.75) is 0 Å². The maximum atomic E-state index is 4.58. The van der Waals surface area contributed by atoms with Crippen LogP contribution in [0.25, 0.3) is 11.0 Å². The van der Waals surface area contributed by atoms with Crippen LogP contribution < -0.4 is 10.2 Å². The lowest BCUT2D eigenvalue weighted by atomic mass is 10.3. The summed E-state index contributed by atoms with van der Waals surface area (Å²) in [6.45, 7) is 2.90. The Morgan fingerprint density at radius 3 is 2.87 bits per heavy atom. The van der Waals surface area contributed by atoms with Crippen molar-refractivity contribution in [2.24, 2.45) is 0 Å². The van der Waals surface area contributed by atoms with Gasteiger partial charge in [-0.25, -0.2) is 4.98 Å². The molecule has 0 atom stereocenters. The molecule has 4 nitrogen and oxygen atoms in total. The van der Waals surface area contributed by atoms with Crippen LogP contribution in [-0.4, -0.2) is 29.7 Å². The fraction of sp³-hybridized carbons (Fsp3) is 0.273. The third-order valence-corrected chi connectivity index (χ3v) is 2.62. The molecule has 3 rings (SSSR count). The molecule has 1 aromatic carbocycles.